The van der Waals surface area contributed by atoms with E-state index in [0.29, 0.717) is 11.3 Å². The van der Waals surface area contributed by atoms with Gasteiger partial charge in [0.15, 0.2) is 9.84 Å². The average molecular weight is 237 g/mol. The van der Waals surface area contributed by atoms with E-state index in [4.69, 9.17) is 5.73 Å². The normalized spacial score (nSPS) is 29.4. The monoisotopic (exact) mass is 237 g/mol. The highest BCUT2D eigenvalue weighted by molar-refractivity contribution is 7.93. The van der Waals surface area contributed by atoms with E-state index in [1.807, 2.05) is 12.1 Å². The number of nitrogens with two attached hydrogens (primary N) is 1. The van der Waals surface area contributed by atoms with Crippen LogP contribution in [0, 0.1) is 0 Å². The predicted molar refractivity (Wildman–Crippen MR) is 61.8 cm³/mol. The van der Waals surface area contributed by atoms with Crippen LogP contribution in [0.3, 0.4) is 0 Å². The first-order valence-electron chi connectivity index (χ1n) is 5.66. The molecule has 3 rings (SSSR count). The van der Waals surface area contributed by atoms with E-state index < -0.39 is 14.6 Å². The lowest BCUT2D eigenvalue weighted by Crippen LogP contribution is -2.50. The molecule has 1 aromatic rings. The molecular formula is C12H15NO2S. The average Bonchev–Trinajstić information content (AvgIpc) is 2.21. The molecule has 4 heteroatoms. The maximum Gasteiger partial charge on any atom is 0.184 e. The first kappa shape index (κ1) is 10.3. The third kappa shape index (κ3) is 1.09. The van der Waals surface area contributed by atoms with Crippen LogP contribution in [-0.2, 0) is 9.84 Å². The van der Waals surface area contributed by atoms with Gasteiger partial charge in [0.25, 0.3) is 0 Å². The van der Waals surface area contributed by atoms with Crippen molar-refractivity contribution in [1.82, 2.24) is 0 Å². The Kier molecular flexibility index (Phi) is 1.98. The summed E-state index contributed by atoms with van der Waals surface area (Å²) in [4.78, 5) is 0.466. The van der Waals surface area contributed by atoms with Crippen LogP contribution >= 0.6 is 0 Å². The van der Waals surface area contributed by atoms with Gasteiger partial charge < -0.3 is 5.73 Å². The molecule has 1 fully saturated rings. The Morgan fingerprint density at radius 2 is 1.94 bits per heavy atom. The summed E-state index contributed by atoms with van der Waals surface area (Å²) in [5.74, 6) is 0. The number of rotatable bonds is 0. The molecular weight excluding hydrogens is 222 g/mol. The summed E-state index contributed by atoms with van der Waals surface area (Å²) in [7, 11) is -3.16. The molecule has 3 nitrogen and oxygen atoms in total. The van der Waals surface area contributed by atoms with Gasteiger partial charge in [0.1, 0.15) is 0 Å². The molecule has 2 aliphatic rings. The summed E-state index contributed by atoms with van der Waals surface area (Å²) < 4.78 is 24.5. The molecule has 0 radical (unpaired) electrons. The highest BCUT2D eigenvalue weighted by atomic mass is 32.2. The highest BCUT2D eigenvalue weighted by Gasteiger charge is 2.53. The number of hydrogen-bond acceptors (Lipinski definition) is 3. The second-order valence-electron chi connectivity index (χ2n) is 4.89. The van der Waals surface area contributed by atoms with Gasteiger partial charge in [0.2, 0.25) is 0 Å². The van der Waals surface area contributed by atoms with Crippen LogP contribution in [0.2, 0.25) is 0 Å². The number of sulfone groups is 1. The van der Waals surface area contributed by atoms with Crippen LogP contribution in [0.15, 0.2) is 29.2 Å². The van der Waals surface area contributed by atoms with Crippen molar-refractivity contribution in [3.05, 3.63) is 29.8 Å². The van der Waals surface area contributed by atoms with Crippen LogP contribution in [0.1, 0.15) is 37.3 Å². The molecule has 1 aromatic carbocycles. The fraction of sp³-hybridized carbons (Fsp3) is 0.500. The molecule has 1 saturated carbocycles. The molecule has 0 aromatic heterocycles. The van der Waals surface area contributed by atoms with Crippen molar-refractivity contribution in [2.24, 2.45) is 5.73 Å². The molecule has 1 heterocycles. The van der Waals surface area contributed by atoms with Gasteiger partial charge in [-0.2, -0.15) is 0 Å². The van der Waals surface area contributed by atoms with Crippen molar-refractivity contribution in [2.75, 3.05) is 0 Å². The Balaban J connectivity index is 2.25. The van der Waals surface area contributed by atoms with Crippen molar-refractivity contribution in [3.8, 4) is 0 Å². The van der Waals surface area contributed by atoms with E-state index in [-0.39, 0.29) is 6.04 Å². The summed E-state index contributed by atoms with van der Waals surface area (Å²) in [5.41, 5.74) is 6.88. The third-order valence-electron chi connectivity index (χ3n) is 4.03. The SMILES string of the molecule is N[C@@H]1CC2(CCC2)S(=O)(=O)c2ccccc21. The van der Waals surface area contributed by atoms with Gasteiger partial charge in [-0.05, 0) is 30.9 Å². The highest BCUT2D eigenvalue weighted by Crippen LogP contribution is 2.52. The summed E-state index contributed by atoms with van der Waals surface area (Å²) in [6, 6.07) is 7.04. The third-order valence-corrected chi connectivity index (χ3v) is 6.70. The number of fused-ring (bicyclic) bond motifs is 1. The smallest absolute Gasteiger partial charge is 0.184 e. The van der Waals surface area contributed by atoms with Crippen molar-refractivity contribution in [1.29, 1.82) is 0 Å². The zero-order valence-electron chi connectivity index (χ0n) is 9.02. The van der Waals surface area contributed by atoms with E-state index in [9.17, 15) is 8.42 Å². The van der Waals surface area contributed by atoms with Gasteiger partial charge >= 0.3 is 0 Å². The summed E-state index contributed by atoms with van der Waals surface area (Å²) in [6.07, 6.45) is 3.15. The van der Waals surface area contributed by atoms with Gasteiger partial charge in [-0.3, -0.25) is 0 Å². The zero-order valence-corrected chi connectivity index (χ0v) is 9.83. The maximum atomic E-state index is 12.5. The molecule has 0 bridgehead atoms. The minimum atomic E-state index is -3.16. The second-order valence-corrected chi connectivity index (χ2v) is 7.20. The van der Waals surface area contributed by atoms with Gasteiger partial charge in [0, 0.05) is 6.04 Å². The molecule has 2 N–H and O–H groups in total. The van der Waals surface area contributed by atoms with Gasteiger partial charge in [-0.15, -0.1) is 0 Å². The molecule has 0 unspecified atom stereocenters. The molecule has 86 valence electrons. The number of benzene rings is 1. The Labute approximate surface area is 95.6 Å². The van der Waals surface area contributed by atoms with Crippen LogP contribution < -0.4 is 5.73 Å². The molecule has 1 aliphatic heterocycles. The zero-order chi connectivity index (χ0) is 11.4. The molecule has 1 aliphatic carbocycles. The molecule has 1 spiro atoms. The largest absolute Gasteiger partial charge is 0.324 e. The van der Waals surface area contributed by atoms with Gasteiger partial charge in [0.05, 0.1) is 9.64 Å². The van der Waals surface area contributed by atoms with Gasteiger partial charge in [-0.1, -0.05) is 24.6 Å². The molecule has 0 saturated heterocycles. The maximum absolute atomic E-state index is 12.5. The Morgan fingerprint density at radius 3 is 2.56 bits per heavy atom. The Hall–Kier alpha value is -0.870. The lowest BCUT2D eigenvalue weighted by Gasteiger charge is -2.46. The number of hydrogen-bond donors (Lipinski definition) is 1. The first-order chi connectivity index (χ1) is 7.57. The topological polar surface area (TPSA) is 60.2 Å². The minimum Gasteiger partial charge on any atom is -0.324 e. The van der Waals surface area contributed by atoms with E-state index >= 15 is 0 Å². The summed E-state index contributed by atoms with van der Waals surface area (Å²) >= 11 is 0. The minimum absolute atomic E-state index is 0.125. The van der Waals surface area contributed by atoms with E-state index in [2.05, 4.69) is 0 Å². The van der Waals surface area contributed by atoms with Crippen LogP contribution in [0.4, 0.5) is 0 Å². The quantitative estimate of drug-likeness (QED) is 0.748. The second kappa shape index (κ2) is 3.08. The van der Waals surface area contributed by atoms with Crippen LogP contribution in [0.25, 0.3) is 0 Å². The van der Waals surface area contributed by atoms with Crippen LogP contribution in [0.5, 0.6) is 0 Å². The fourth-order valence-corrected chi connectivity index (χ4v) is 5.41. The van der Waals surface area contributed by atoms with Crippen molar-refractivity contribution in [3.63, 3.8) is 0 Å². The Morgan fingerprint density at radius 1 is 1.25 bits per heavy atom. The first-order valence-corrected chi connectivity index (χ1v) is 7.14. The summed E-state index contributed by atoms with van der Waals surface area (Å²) in [6.45, 7) is 0. The molecule has 1 atom stereocenters. The van der Waals surface area contributed by atoms with E-state index in [1.165, 1.54) is 0 Å². The summed E-state index contributed by atoms with van der Waals surface area (Å²) in [5, 5.41) is 0. The van der Waals surface area contributed by atoms with Crippen molar-refractivity contribution in [2.45, 2.75) is 41.4 Å². The fourth-order valence-electron chi connectivity index (χ4n) is 2.93. The lowest BCUT2D eigenvalue weighted by atomic mass is 9.78. The van der Waals surface area contributed by atoms with Gasteiger partial charge in [-0.25, -0.2) is 8.42 Å². The standard InChI is InChI=1S/C12H15NO2S/c13-10-8-12(6-3-7-12)16(14,15)11-5-2-1-4-9(10)11/h1-2,4-5,10H,3,6-8,13H2/t10-/m1/s1. The van der Waals surface area contributed by atoms with Crippen LogP contribution in [-0.4, -0.2) is 13.2 Å². The molecule has 0 amide bonds. The lowest BCUT2D eigenvalue weighted by molar-refractivity contribution is 0.290. The van der Waals surface area contributed by atoms with Crippen molar-refractivity contribution >= 4 is 9.84 Å². The Bertz CT molecular complexity index is 532. The predicted octanol–water partition coefficient (Wildman–Crippen LogP) is 1.79. The van der Waals surface area contributed by atoms with Crippen molar-refractivity contribution < 1.29 is 8.42 Å². The van der Waals surface area contributed by atoms with E-state index in [0.717, 1.165) is 24.8 Å². The molecule has 16 heavy (non-hydrogen) atoms. The van der Waals surface area contributed by atoms with E-state index in [1.54, 1.807) is 12.1 Å².